The Balaban J connectivity index is 1.15. The number of hydrogen-bond donors (Lipinski definition) is 2. The van der Waals surface area contributed by atoms with Crippen LogP contribution >= 0.6 is 23.1 Å². The Hall–Kier alpha value is -4.01. The van der Waals surface area contributed by atoms with Crippen molar-refractivity contribution in [3.63, 3.8) is 0 Å². The monoisotopic (exact) mass is 496 g/mol. The van der Waals surface area contributed by atoms with Crippen LogP contribution < -0.4 is 10.6 Å². The molecule has 35 heavy (non-hydrogen) atoms. The molecule has 0 aliphatic carbocycles. The molecule has 1 aromatic heterocycles. The van der Waals surface area contributed by atoms with Crippen molar-refractivity contribution < 1.29 is 9.59 Å². The van der Waals surface area contributed by atoms with Gasteiger partial charge in [0, 0.05) is 11.3 Å². The summed E-state index contributed by atoms with van der Waals surface area (Å²) in [6, 6.07) is 31.1. The predicted octanol–water partition coefficient (Wildman–Crippen LogP) is 6.34. The molecule has 0 aliphatic rings. The van der Waals surface area contributed by atoms with Crippen molar-refractivity contribution in [3.8, 4) is 11.1 Å². The molecule has 0 spiro atoms. The Morgan fingerprint density at radius 2 is 1.46 bits per heavy atom. The molecule has 6 nitrogen and oxygen atoms in total. The Morgan fingerprint density at radius 3 is 2.29 bits per heavy atom. The quantitative estimate of drug-likeness (QED) is 0.203. The number of amides is 2. The molecule has 172 valence electrons. The average Bonchev–Trinajstić information content (AvgIpc) is 3.35. The molecule has 0 fully saturated rings. The van der Waals surface area contributed by atoms with Crippen LogP contribution in [0, 0.1) is 0 Å². The molecule has 0 saturated heterocycles. The Kier molecular flexibility index (Phi) is 6.83. The largest absolute Gasteiger partial charge is 0.325 e. The molecular weight excluding hydrogens is 476 g/mol. The van der Waals surface area contributed by atoms with Crippen LogP contribution in [0.25, 0.3) is 21.9 Å². The summed E-state index contributed by atoms with van der Waals surface area (Å²) in [6.45, 7) is 0. The fourth-order valence-electron chi connectivity index (χ4n) is 3.61. The molecule has 0 aliphatic heterocycles. The summed E-state index contributed by atoms with van der Waals surface area (Å²) in [5.41, 5.74) is 3.52. The summed E-state index contributed by atoms with van der Waals surface area (Å²) < 4.78 is 0.604. The minimum atomic E-state index is -0.244. The molecule has 0 atom stereocenters. The second-order valence-corrected chi connectivity index (χ2v) is 9.83. The summed E-state index contributed by atoms with van der Waals surface area (Å²) in [4.78, 5) is 25.2. The third-order valence-corrected chi connectivity index (χ3v) is 7.24. The van der Waals surface area contributed by atoms with E-state index in [0.29, 0.717) is 15.0 Å². The van der Waals surface area contributed by atoms with E-state index in [4.69, 9.17) is 0 Å². The standard InChI is InChI=1S/C27H20N4O2S2/c32-24(28-21-15-13-19(14-16-21)18-7-2-1-3-8-18)17-34-27-31-30-26(35-27)29-25(33)23-12-6-10-20-9-4-5-11-22(20)23/h1-16H,17H2,(H,28,32)(H,29,30,33). The maximum absolute atomic E-state index is 12.8. The van der Waals surface area contributed by atoms with Crippen LogP contribution in [-0.2, 0) is 4.79 Å². The van der Waals surface area contributed by atoms with Crippen molar-refractivity contribution in [1.29, 1.82) is 0 Å². The molecule has 2 amide bonds. The molecule has 0 bridgehead atoms. The van der Waals surface area contributed by atoms with Gasteiger partial charge >= 0.3 is 0 Å². The van der Waals surface area contributed by atoms with Crippen molar-refractivity contribution >= 4 is 56.5 Å². The van der Waals surface area contributed by atoms with Gasteiger partial charge in [0.1, 0.15) is 0 Å². The van der Waals surface area contributed by atoms with Gasteiger partial charge < -0.3 is 5.32 Å². The number of hydrogen-bond acceptors (Lipinski definition) is 6. The van der Waals surface area contributed by atoms with Gasteiger partial charge in [-0.15, -0.1) is 10.2 Å². The fraction of sp³-hybridized carbons (Fsp3) is 0.0370. The van der Waals surface area contributed by atoms with E-state index >= 15 is 0 Å². The first-order chi connectivity index (χ1) is 17.2. The summed E-state index contributed by atoms with van der Waals surface area (Å²) in [6.07, 6.45) is 0. The zero-order valence-corrected chi connectivity index (χ0v) is 20.1. The van der Waals surface area contributed by atoms with Gasteiger partial charge in [-0.3, -0.25) is 14.9 Å². The molecule has 5 rings (SSSR count). The van der Waals surface area contributed by atoms with Crippen molar-refractivity contribution in [2.24, 2.45) is 0 Å². The molecular formula is C27H20N4O2S2. The topological polar surface area (TPSA) is 84.0 Å². The lowest BCUT2D eigenvalue weighted by atomic mass is 10.0. The smallest absolute Gasteiger partial charge is 0.258 e. The minimum absolute atomic E-state index is 0.140. The molecule has 8 heteroatoms. The van der Waals surface area contributed by atoms with Crippen LogP contribution in [0.2, 0.25) is 0 Å². The number of aromatic nitrogens is 2. The van der Waals surface area contributed by atoms with Gasteiger partial charge in [-0.2, -0.15) is 0 Å². The number of fused-ring (bicyclic) bond motifs is 1. The van der Waals surface area contributed by atoms with E-state index in [0.717, 1.165) is 27.6 Å². The summed E-state index contributed by atoms with van der Waals surface area (Å²) in [5, 5.41) is 16.1. The van der Waals surface area contributed by atoms with Crippen LogP contribution in [0.3, 0.4) is 0 Å². The van der Waals surface area contributed by atoms with Gasteiger partial charge in [0.05, 0.1) is 5.75 Å². The first-order valence-electron chi connectivity index (χ1n) is 10.9. The van der Waals surface area contributed by atoms with E-state index < -0.39 is 0 Å². The summed E-state index contributed by atoms with van der Waals surface area (Å²) in [7, 11) is 0. The third kappa shape index (κ3) is 5.56. The van der Waals surface area contributed by atoms with Crippen molar-refractivity contribution in [3.05, 3.63) is 103 Å². The van der Waals surface area contributed by atoms with Crippen molar-refractivity contribution in [1.82, 2.24) is 10.2 Å². The second kappa shape index (κ2) is 10.5. The predicted molar refractivity (Wildman–Crippen MR) is 143 cm³/mol. The van der Waals surface area contributed by atoms with E-state index in [-0.39, 0.29) is 17.6 Å². The van der Waals surface area contributed by atoms with Crippen LogP contribution in [0.5, 0.6) is 0 Å². The van der Waals surface area contributed by atoms with Crippen LogP contribution in [-0.4, -0.2) is 27.8 Å². The SMILES string of the molecule is O=C(CSc1nnc(NC(=O)c2cccc3ccccc23)s1)Nc1ccc(-c2ccccc2)cc1. The van der Waals surface area contributed by atoms with Gasteiger partial charge in [0.2, 0.25) is 11.0 Å². The lowest BCUT2D eigenvalue weighted by Gasteiger charge is -2.06. The van der Waals surface area contributed by atoms with Gasteiger partial charge in [0.15, 0.2) is 4.34 Å². The van der Waals surface area contributed by atoms with Gasteiger partial charge in [-0.25, -0.2) is 0 Å². The number of carbonyl (C=O) groups is 2. The molecule has 1 heterocycles. The van der Waals surface area contributed by atoms with Gasteiger partial charge in [0.25, 0.3) is 5.91 Å². The van der Waals surface area contributed by atoms with E-state index in [1.54, 1.807) is 6.07 Å². The molecule has 4 aromatic carbocycles. The van der Waals surface area contributed by atoms with E-state index in [1.165, 1.54) is 23.1 Å². The minimum Gasteiger partial charge on any atom is -0.325 e. The third-order valence-electron chi connectivity index (χ3n) is 5.26. The Morgan fingerprint density at radius 1 is 0.743 bits per heavy atom. The molecule has 2 N–H and O–H groups in total. The first-order valence-corrected chi connectivity index (χ1v) is 12.7. The average molecular weight is 497 g/mol. The second-order valence-electron chi connectivity index (χ2n) is 7.63. The highest BCUT2D eigenvalue weighted by atomic mass is 32.2. The first kappa shape index (κ1) is 22.8. The van der Waals surface area contributed by atoms with Gasteiger partial charge in [-0.1, -0.05) is 102 Å². The van der Waals surface area contributed by atoms with E-state index in [2.05, 4.69) is 20.8 Å². The highest BCUT2D eigenvalue weighted by molar-refractivity contribution is 8.01. The summed E-state index contributed by atoms with van der Waals surface area (Å²) >= 11 is 2.51. The van der Waals surface area contributed by atoms with Crippen LogP contribution in [0.15, 0.2) is 101 Å². The summed E-state index contributed by atoms with van der Waals surface area (Å²) in [5.74, 6) is -0.197. The lowest BCUT2D eigenvalue weighted by Crippen LogP contribution is -2.13. The Bertz CT molecular complexity index is 1480. The maximum atomic E-state index is 12.8. The van der Waals surface area contributed by atoms with Crippen LogP contribution in [0.4, 0.5) is 10.8 Å². The zero-order valence-electron chi connectivity index (χ0n) is 18.5. The van der Waals surface area contributed by atoms with Crippen molar-refractivity contribution in [2.45, 2.75) is 4.34 Å². The maximum Gasteiger partial charge on any atom is 0.258 e. The Labute approximate surface area is 210 Å². The highest BCUT2D eigenvalue weighted by Crippen LogP contribution is 2.27. The van der Waals surface area contributed by atoms with Gasteiger partial charge in [-0.05, 0) is 40.1 Å². The molecule has 0 unspecified atom stereocenters. The van der Waals surface area contributed by atoms with Crippen molar-refractivity contribution in [2.75, 3.05) is 16.4 Å². The molecule has 0 radical (unpaired) electrons. The highest BCUT2D eigenvalue weighted by Gasteiger charge is 2.14. The fourth-order valence-corrected chi connectivity index (χ4v) is 5.15. The van der Waals surface area contributed by atoms with E-state index in [1.807, 2.05) is 91.0 Å². The lowest BCUT2D eigenvalue weighted by molar-refractivity contribution is -0.113. The number of thioether (sulfide) groups is 1. The zero-order chi connectivity index (χ0) is 24.0. The number of carbonyl (C=O) groups excluding carboxylic acids is 2. The molecule has 5 aromatic rings. The molecule has 0 saturated carbocycles. The number of benzene rings is 4. The number of rotatable bonds is 7. The van der Waals surface area contributed by atoms with E-state index in [9.17, 15) is 9.59 Å². The normalized spacial score (nSPS) is 10.7. The number of nitrogens with one attached hydrogen (secondary N) is 2. The van der Waals surface area contributed by atoms with Crippen LogP contribution in [0.1, 0.15) is 10.4 Å². The number of anilines is 2. The number of nitrogens with zero attached hydrogens (tertiary/aromatic N) is 2.